The SMILES string of the molecule is COCCOCCOc1cccc(C(N)=O)c1. The molecular formula is C12H17NO4. The van der Waals surface area contributed by atoms with Gasteiger partial charge in [-0.05, 0) is 18.2 Å². The van der Waals surface area contributed by atoms with Crippen LogP contribution in [0.4, 0.5) is 0 Å². The largest absolute Gasteiger partial charge is 0.491 e. The fraction of sp³-hybridized carbons (Fsp3) is 0.417. The molecule has 1 amide bonds. The van der Waals surface area contributed by atoms with Crippen molar-refractivity contribution in [3.8, 4) is 5.75 Å². The number of rotatable bonds is 8. The third-order valence-electron chi connectivity index (χ3n) is 2.05. The molecule has 5 heteroatoms. The molecule has 0 saturated heterocycles. The van der Waals surface area contributed by atoms with Gasteiger partial charge in [-0.1, -0.05) is 6.07 Å². The summed E-state index contributed by atoms with van der Waals surface area (Å²) in [5.74, 6) is 0.142. The van der Waals surface area contributed by atoms with Crippen LogP contribution in [0.3, 0.4) is 0 Å². The average molecular weight is 239 g/mol. The van der Waals surface area contributed by atoms with E-state index in [0.717, 1.165) is 0 Å². The number of carbonyl (C=O) groups excluding carboxylic acids is 1. The van der Waals surface area contributed by atoms with Gasteiger partial charge in [-0.25, -0.2) is 0 Å². The molecule has 94 valence electrons. The Morgan fingerprint density at radius 2 is 2.00 bits per heavy atom. The van der Waals surface area contributed by atoms with E-state index in [9.17, 15) is 4.79 Å². The van der Waals surface area contributed by atoms with Gasteiger partial charge >= 0.3 is 0 Å². The maximum atomic E-state index is 10.9. The van der Waals surface area contributed by atoms with Gasteiger partial charge in [-0.3, -0.25) is 4.79 Å². The van der Waals surface area contributed by atoms with Crippen LogP contribution < -0.4 is 10.5 Å². The van der Waals surface area contributed by atoms with Crippen molar-refractivity contribution in [1.29, 1.82) is 0 Å². The van der Waals surface area contributed by atoms with Crippen LogP contribution in [0.1, 0.15) is 10.4 Å². The number of nitrogens with two attached hydrogens (primary N) is 1. The monoisotopic (exact) mass is 239 g/mol. The molecule has 0 unspecified atom stereocenters. The summed E-state index contributed by atoms with van der Waals surface area (Å²) in [7, 11) is 1.62. The number of benzene rings is 1. The second-order valence-corrected chi connectivity index (χ2v) is 3.35. The smallest absolute Gasteiger partial charge is 0.248 e. The summed E-state index contributed by atoms with van der Waals surface area (Å²) < 4.78 is 15.5. The molecular weight excluding hydrogens is 222 g/mol. The van der Waals surface area contributed by atoms with Gasteiger partial charge in [-0.2, -0.15) is 0 Å². The Morgan fingerprint density at radius 1 is 1.24 bits per heavy atom. The molecule has 0 aromatic heterocycles. The zero-order valence-electron chi connectivity index (χ0n) is 9.85. The van der Waals surface area contributed by atoms with E-state index in [1.54, 1.807) is 31.4 Å². The summed E-state index contributed by atoms with van der Waals surface area (Å²) >= 11 is 0. The minimum atomic E-state index is -0.466. The number of ether oxygens (including phenoxy) is 3. The van der Waals surface area contributed by atoms with Gasteiger partial charge < -0.3 is 19.9 Å². The van der Waals surface area contributed by atoms with Gasteiger partial charge in [0.1, 0.15) is 12.4 Å². The second kappa shape index (κ2) is 7.65. The molecule has 0 bridgehead atoms. The highest BCUT2D eigenvalue weighted by Gasteiger charge is 2.01. The first-order chi connectivity index (χ1) is 8.24. The Balaban J connectivity index is 2.27. The molecule has 1 aromatic carbocycles. The van der Waals surface area contributed by atoms with Gasteiger partial charge in [0, 0.05) is 12.7 Å². The van der Waals surface area contributed by atoms with E-state index < -0.39 is 5.91 Å². The summed E-state index contributed by atoms with van der Waals surface area (Å²) in [6.07, 6.45) is 0. The van der Waals surface area contributed by atoms with E-state index in [2.05, 4.69) is 0 Å². The van der Waals surface area contributed by atoms with Crippen LogP contribution in [0.25, 0.3) is 0 Å². The van der Waals surface area contributed by atoms with E-state index in [4.69, 9.17) is 19.9 Å². The Hall–Kier alpha value is -1.59. The first-order valence-corrected chi connectivity index (χ1v) is 5.33. The van der Waals surface area contributed by atoms with E-state index in [1.807, 2.05) is 0 Å². The van der Waals surface area contributed by atoms with E-state index >= 15 is 0 Å². The maximum Gasteiger partial charge on any atom is 0.248 e. The second-order valence-electron chi connectivity index (χ2n) is 3.35. The lowest BCUT2D eigenvalue weighted by atomic mass is 10.2. The molecule has 17 heavy (non-hydrogen) atoms. The molecule has 1 rings (SSSR count). The molecule has 0 aliphatic heterocycles. The summed E-state index contributed by atoms with van der Waals surface area (Å²) in [5, 5.41) is 0. The van der Waals surface area contributed by atoms with E-state index in [1.165, 1.54) is 0 Å². The van der Waals surface area contributed by atoms with Crippen molar-refractivity contribution < 1.29 is 19.0 Å². The topological polar surface area (TPSA) is 70.8 Å². The van der Waals surface area contributed by atoms with Crippen LogP contribution in [0.15, 0.2) is 24.3 Å². The number of hydrogen-bond donors (Lipinski definition) is 1. The zero-order chi connectivity index (χ0) is 12.5. The predicted octanol–water partition coefficient (Wildman–Crippen LogP) is 0.827. The molecule has 0 heterocycles. The van der Waals surface area contributed by atoms with Crippen molar-refractivity contribution >= 4 is 5.91 Å². The van der Waals surface area contributed by atoms with E-state index in [-0.39, 0.29) is 0 Å². The maximum absolute atomic E-state index is 10.9. The van der Waals surface area contributed by atoms with Crippen molar-refractivity contribution in [3.63, 3.8) is 0 Å². The molecule has 0 saturated carbocycles. The van der Waals surface area contributed by atoms with Crippen molar-refractivity contribution in [3.05, 3.63) is 29.8 Å². The first-order valence-electron chi connectivity index (χ1n) is 5.33. The molecule has 0 radical (unpaired) electrons. The van der Waals surface area contributed by atoms with Gasteiger partial charge in [-0.15, -0.1) is 0 Å². The van der Waals surface area contributed by atoms with Gasteiger partial charge in [0.15, 0.2) is 0 Å². The molecule has 1 aromatic rings. The van der Waals surface area contributed by atoms with Gasteiger partial charge in [0.05, 0.1) is 19.8 Å². The summed E-state index contributed by atoms with van der Waals surface area (Å²) in [5.41, 5.74) is 5.59. The molecule has 0 aliphatic rings. The average Bonchev–Trinajstić information content (AvgIpc) is 2.34. The minimum absolute atomic E-state index is 0.423. The minimum Gasteiger partial charge on any atom is -0.491 e. The van der Waals surface area contributed by atoms with Crippen LogP contribution in [0, 0.1) is 0 Å². The normalized spacial score (nSPS) is 10.2. The Bertz CT molecular complexity index is 354. The number of amides is 1. The lowest BCUT2D eigenvalue weighted by Crippen LogP contribution is -2.12. The summed E-state index contributed by atoms with van der Waals surface area (Å²) in [6, 6.07) is 6.74. The predicted molar refractivity (Wildman–Crippen MR) is 63.1 cm³/mol. The molecule has 0 aliphatic carbocycles. The Labute approximate surface area is 100 Å². The highest BCUT2D eigenvalue weighted by atomic mass is 16.5. The van der Waals surface area contributed by atoms with Crippen LogP contribution >= 0.6 is 0 Å². The van der Waals surface area contributed by atoms with Crippen molar-refractivity contribution in [2.75, 3.05) is 33.5 Å². The Morgan fingerprint density at radius 3 is 2.71 bits per heavy atom. The summed E-state index contributed by atoms with van der Waals surface area (Å²) in [4.78, 5) is 10.9. The Kier molecular flexibility index (Phi) is 6.06. The van der Waals surface area contributed by atoms with Crippen LogP contribution in [0.5, 0.6) is 5.75 Å². The fourth-order valence-corrected chi connectivity index (χ4v) is 1.20. The van der Waals surface area contributed by atoms with Crippen molar-refractivity contribution in [1.82, 2.24) is 0 Å². The third kappa shape index (κ3) is 5.33. The third-order valence-corrected chi connectivity index (χ3v) is 2.05. The van der Waals surface area contributed by atoms with Gasteiger partial charge in [0.2, 0.25) is 5.91 Å². The quantitative estimate of drug-likeness (QED) is 0.682. The summed E-state index contributed by atoms with van der Waals surface area (Å²) in [6.45, 7) is 2.01. The van der Waals surface area contributed by atoms with Crippen molar-refractivity contribution in [2.45, 2.75) is 0 Å². The van der Waals surface area contributed by atoms with Crippen molar-refractivity contribution in [2.24, 2.45) is 5.73 Å². The lowest BCUT2D eigenvalue weighted by molar-refractivity contribution is 0.0544. The van der Waals surface area contributed by atoms with Crippen LogP contribution in [-0.2, 0) is 9.47 Å². The fourth-order valence-electron chi connectivity index (χ4n) is 1.20. The lowest BCUT2D eigenvalue weighted by Gasteiger charge is -2.07. The number of methoxy groups -OCH3 is 1. The molecule has 0 spiro atoms. The molecule has 0 fully saturated rings. The number of primary amides is 1. The molecule has 2 N–H and O–H groups in total. The van der Waals surface area contributed by atoms with Gasteiger partial charge in [0.25, 0.3) is 0 Å². The highest BCUT2D eigenvalue weighted by Crippen LogP contribution is 2.12. The van der Waals surface area contributed by atoms with E-state index in [0.29, 0.717) is 37.7 Å². The standard InChI is InChI=1S/C12H17NO4/c1-15-5-6-16-7-8-17-11-4-2-3-10(9-11)12(13)14/h2-4,9H,5-8H2,1H3,(H2,13,14). The first kappa shape index (κ1) is 13.5. The number of hydrogen-bond acceptors (Lipinski definition) is 4. The highest BCUT2D eigenvalue weighted by molar-refractivity contribution is 5.93. The molecule has 0 atom stereocenters. The van der Waals surface area contributed by atoms with Crippen LogP contribution in [-0.4, -0.2) is 39.4 Å². The molecule has 5 nitrogen and oxygen atoms in total. The number of carbonyl (C=O) groups is 1. The van der Waals surface area contributed by atoms with Crippen LogP contribution in [0.2, 0.25) is 0 Å². The zero-order valence-corrected chi connectivity index (χ0v) is 9.85.